The van der Waals surface area contributed by atoms with Gasteiger partial charge in [-0.3, -0.25) is 9.78 Å². The van der Waals surface area contributed by atoms with E-state index in [-0.39, 0.29) is 23.6 Å². The number of hydrogen-bond acceptors (Lipinski definition) is 4. The third-order valence-electron chi connectivity index (χ3n) is 5.52. The van der Waals surface area contributed by atoms with Gasteiger partial charge >= 0.3 is 6.61 Å². The van der Waals surface area contributed by atoms with Gasteiger partial charge in [0.1, 0.15) is 5.75 Å². The molecule has 1 heterocycles. The fourth-order valence-corrected chi connectivity index (χ4v) is 3.83. The third kappa shape index (κ3) is 4.76. The number of amides is 1. The van der Waals surface area contributed by atoms with Crippen LogP contribution in [0.25, 0.3) is 10.9 Å². The lowest BCUT2D eigenvalue weighted by molar-refractivity contribution is -0.0502. The molecule has 0 bridgehead atoms. The molecule has 1 aliphatic carbocycles. The molecule has 0 spiro atoms. The second-order valence-corrected chi connectivity index (χ2v) is 8.09. The zero-order valence-electron chi connectivity index (χ0n) is 16.3. The molecule has 1 aromatic carbocycles. The van der Waals surface area contributed by atoms with Crippen LogP contribution in [0.15, 0.2) is 24.4 Å². The van der Waals surface area contributed by atoms with Crippen LogP contribution in [0.4, 0.5) is 8.78 Å². The highest BCUT2D eigenvalue weighted by Gasteiger charge is 2.31. The summed E-state index contributed by atoms with van der Waals surface area (Å²) >= 11 is 0. The molecule has 0 unspecified atom stereocenters. The van der Waals surface area contributed by atoms with Crippen molar-refractivity contribution in [3.63, 3.8) is 0 Å². The van der Waals surface area contributed by atoms with E-state index in [4.69, 9.17) is 0 Å². The van der Waals surface area contributed by atoms with Crippen LogP contribution in [0, 0.1) is 12.8 Å². The first kappa shape index (κ1) is 20.5. The van der Waals surface area contributed by atoms with Gasteiger partial charge in [-0.25, -0.2) is 0 Å². The lowest BCUT2D eigenvalue weighted by atomic mass is 9.77. The minimum Gasteiger partial charge on any atom is -0.434 e. The van der Waals surface area contributed by atoms with E-state index < -0.39 is 12.2 Å². The Labute approximate surface area is 163 Å². The molecule has 2 aromatic rings. The number of carbonyl (C=O) groups is 1. The van der Waals surface area contributed by atoms with E-state index in [1.54, 1.807) is 19.1 Å². The van der Waals surface area contributed by atoms with Gasteiger partial charge in [-0.1, -0.05) is 0 Å². The topological polar surface area (TPSA) is 71.5 Å². The van der Waals surface area contributed by atoms with Crippen LogP contribution in [0.1, 0.15) is 55.5 Å². The van der Waals surface area contributed by atoms with Gasteiger partial charge in [0.25, 0.3) is 5.91 Å². The molecule has 152 valence electrons. The zero-order valence-corrected chi connectivity index (χ0v) is 16.3. The monoisotopic (exact) mass is 392 g/mol. The Bertz CT molecular complexity index is 857. The Hall–Kier alpha value is -2.28. The molecule has 0 atom stereocenters. The van der Waals surface area contributed by atoms with E-state index in [0.29, 0.717) is 22.0 Å². The number of aliphatic hydroxyl groups is 1. The summed E-state index contributed by atoms with van der Waals surface area (Å²) in [7, 11) is 0. The summed E-state index contributed by atoms with van der Waals surface area (Å²) in [5.74, 6) is 0.123. The van der Waals surface area contributed by atoms with Crippen LogP contribution in [-0.2, 0) is 0 Å². The average Bonchev–Trinajstić information content (AvgIpc) is 2.61. The van der Waals surface area contributed by atoms with Crippen LogP contribution in [0.3, 0.4) is 0 Å². The maximum Gasteiger partial charge on any atom is 0.387 e. The maximum absolute atomic E-state index is 12.6. The molecule has 0 aliphatic heterocycles. The molecule has 1 amide bonds. The van der Waals surface area contributed by atoms with E-state index in [1.165, 1.54) is 12.3 Å². The van der Waals surface area contributed by atoms with E-state index in [9.17, 15) is 18.7 Å². The molecule has 1 aliphatic rings. The van der Waals surface area contributed by atoms with Gasteiger partial charge in [0.2, 0.25) is 0 Å². The molecule has 5 nitrogen and oxygen atoms in total. The quantitative estimate of drug-likeness (QED) is 0.800. The Kier molecular flexibility index (Phi) is 5.84. The van der Waals surface area contributed by atoms with Gasteiger partial charge < -0.3 is 15.2 Å². The summed E-state index contributed by atoms with van der Waals surface area (Å²) in [5.41, 5.74) is 0.779. The van der Waals surface area contributed by atoms with Crippen molar-refractivity contribution in [2.45, 2.75) is 64.7 Å². The number of fused-ring (bicyclic) bond motifs is 1. The van der Waals surface area contributed by atoms with Crippen molar-refractivity contribution >= 4 is 16.8 Å². The average molecular weight is 392 g/mol. The summed E-state index contributed by atoms with van der Waals surface area (Å²) in [6, 6.07) is 4.92. The van der Waals surface area contributed by atoms with Crippen molar-refractivity contribution in [2.24, 2.45) is 5.92 Å². The number of alkyl halides is 2. The second kappa shape index (κ2) is 7.99. The van der Waals surface area contributed by atoms with Crippen molar-refractivity contribution in [1.29, 1.82) is 0 Å². The summed E-state index contributed by atoms with van der Waals surface area (Å²) in [4.78, 5) is 16.8. The van der Waals surface area contributed by atoms with Gasteiger partial charge in [-0.05, 0) is 70.1 Å². The van der Waals surface area contributed by atoms with Gasteiger partial charge in [-0.15, -0.1) is 0 Å². The number of benzene rings is 1. The lowest BCUT2D eigenvalue weighted by Gasteiger charge is -2.36. The SMILES string of the molecule is Cc1cc2cc(C(=O)NC3CCC(C(C)(C)O)CC3)cnc2cc1OC(F)F. The fourth-order valence-electron chi connectivity index (χ4n) is 3.83. The maximum atomic E-state index is 12.6. The number of carbonyl (C=O) groups excluding carboxylic acids is 1. The lowest BCUT2D eigenvalue weighted by Crippen LogP contribution is -2.41. The normalized spacial score (nSPS) is 20.4. The summed E-state index contributed by atoms with van der Waals surface area (Å²) in [5, 5.41) is 13.9. The molecule has 7 heteroatoms. The Balaban J connectivity index is 1.69. The number of aromatic nitrogens is 1. The highest BCUT2D eigenvalue weighted by atomic mass is 19.3. The molecule has 3 rings (SSSR count). The summed E-state index contributed by atoms with van der Waals surface area (Å²) in [6.07, 6.45) is 4.85. The largest absolute Gasteiger partial charge is 0.434 e. The van der Waals surface area contributed by atoms with Crippen LogP contribution in [0.5, 0.6) is 5.75 Å². The first-order valence-electron chi connectivity index (χ1n) is 9.52. The van der Waals surface area contributed by atoms with Crippen LogP contribution < -0.4 is 10.1 Å². The highest BCUT2D eigenvalue weighted by molar-refractivity contribution is 5.97. The van der Waals surface area contributed by atoms with Crippen LogP contribution >= 0.6 is 0 Å². The first-order chi connectivity index (χ1) is 13.1. The Morgan fingerprint density at radius 3 is 2.54 bits per heavy atom. The van der Waals surface area contributed by atoms with E-state index in [2.05, 4.69) is 15.0 Å². The molecule has 0 radical (unpaired) electrons. The predicted molar refractivity (Wildman–Crippen MR) is 103 cm³/mol. The minimum absolute atomic E-state index is 0.0744. The second-order valence-electron chi connectivity index (χ2n) is 8.09. The van der Waals surface area contributed by atoms with Crippen molar-refractivity contribution < 1.29 is 23.4 Å². The van der Waals surface area contributed by atoms with Gasteiger partial charge in [0.05, 0.1) is 16.7 Å². The number of rotatable bonds is 5. The van der Waals surface area contributed by atoms with Gasteiger partial charge in [0.15, 0.2) is 0 Å². The number of hydrogen-bond donors (Lipinski definition) is 2. The standard InChI is InChI=1S/C21H26F2N2O3/c1-12-8-13-9-14(11-24-17(13)10-18(12)28-20(22)23)19(26)25-16-6-4-15(5-7-16)21(2,3)27/h8-11,15-16,20,27H,4-7H2,1-3H3,(H,25,26). The number of pyridine rings is 1. The van der Waals surface area contributed by atoms with Gasteiger partial charge in [-0.2, -0.15) is 8.78 Å². The zero-order chi connectivity index (χ0) is 20.5. The molecule has 2 N–H and O–H groups in total. The van der Waals surface area contributed by atoms with Crippen molar-refractivity contribution in [3.8, 4) is 5.75 Å². The van der Waals surface area contributed by atoms with Crippen LogP contribution in [-0.4, -0.2) is 34.3 Å². The predicted octanol–water partition coefficient (Wildman–Crippen LogP) is 4.20. The molecule has 28 heavy (non-hydrogen) atoms. The molecule has 1 fully saturated rings. The van der Waals surface area contributed by atoms with E-state index >= 15 is 0 Å². The van der Waals surface area contributed by atoms with Crippen molar-refractivity contribution in [2.75, 3.05) is 0 Å². The van der Waals surface area contributed by atoms with E-state index in [1.807, 2.05) is 13.8 Å². The molecular formula is C21H26F2N2O3. The molecule has 1 aromatic heterocycles. The summed E-state index contributed by atoms with van der Waals surface area (Å²) < 4.78 is 29.4. The Morgan fingerprint density at radius 1 is 1.25 bits per heavy atom. The number of ether oxygens (including phenoxy) is 1. The molecule has 1 saturated carbocycles. The smallest absolute Gasteiger partial charge is 0.387 e. The minimum atomic E-state index is -2.90. The van der Waals surface area contributed by atoms with Crippen molar-refractivity contribution in [3.05, 3.63) is 35.5 Å². The number of nitrogens with zero attached hydrogens (tertiary/aromatic N) is 1. The van der Waals surface area contributed by atoms with Crippen molar-refractivity contribution in [1.82, 2.24) is 10.3 Å². The number of aryl methyl sites for hydroxylation is 1. The fraction of sp³-hybridized carbons (Fsp3) is 0.524. The molecular weight excluding hydrogens is 366 g/mol. The van der Waals surface area contributed by atoms with Gasteiger partial charge in [0, 0.05) is 23.7 Å². The Morgan fingerprint density at radius 2 is 1.93 bits per heavy atom. The summed E-state index contributed by atoms with van der Waals surface area (Å²) in [6.45, 7) is 2.44. The van der Waals surface area contributed by atoms with Crippen LogP contribution in [0.2, 0.25) is 0 Å². The first-order valence-corrected chi connectivity index (χ1v) is 9.52. The highest BCUT2D eigenvalue weighted by Crippen LogP contribution is 2.32. The third-order valence-corrected chi connectivity index (χ3v) is 5.52. The number of halogens is 2. The molecule has 0 saturated heterocycles. The number of nitrogens with one attached hydrogen (secondary N) is 1. The van der Waals surface area contributed by atoms with E-state index in [0.717, 1.165) is 25.7 Å².